The van der Waals surface area contributed by atoms with Gasteiger partial charge in [-0.15, -0.1) is 0 Å². The van der Waals surface area contributed by atoms with Gasteiger partial charge in [-0.05, 0) is 30.5 Å². The summed E-state index contributed by atoms with van der Waals surface area (Å²) >= 11 is 0. The number of para-hydroxylation sites is 1. The standard InChI is InChI=1S/C15H16N2O2/c18-15(19)10-17(12-5-6-12)9-11-7-8-16-14-4-2-1-3-13(11)14/h1-4,7-8,12H,5-6,9-10H2,(H,18,19). The van der Waals surface area contributed by atoms with Crippen LogP contribution in [0.2, 0.25) is 0 Å². The van der Waals surface area contributed by atoms with E-state index < -0.39 is 5.97 Å². The van der Waals surface area contributed by atoms with Gasteiger partial charge in [0.25, 0.3) is 0 Å². The van der Waals surface area contributed by atoms with Crippen LogP contribution >= 0.6 is 0 Å². The van der Waals surface area contributed by atoms with Gasteiger partial charge in [-0.3, -0.25) is 14.7 Å². The maximum atomic E-state index is 10.9. The first-order valence-corrected chi connectivity index (χ1v) is 6.52. The van der Waals surface area contributed by atoms with Crippen molar-refractivity contribution >= 4 is 16.9 Å². The number of pyridine rings is 1. The van der Waals surface area contributed by atoms with Crippen molar-refractivity contribution in [2.75, 3.05) is 6.54 Å². The summed E-state index contributed by atoms with van der Waals surface area (Å²) < 4.78 is 0. The lowest BCUT2D eigenvalue weighted by molar-refractivity contribution is -0.138. The Morgan fingerprint density at radius 2 is 2.11 bits per heavy atom. The number of carboxylic acids is 1. The molecule has 4 heteroatoms. The van der Waals surface area contributed by atoms with Crippen LogP contribution in [0.1, 0.15) is 18.4 Å². The van der Waals surface area contributed by atoms with Crippen molar-refractivity contribution in [2.24, 2.45) is 0 Å². The molecule has 1 aliphatic rings. The maximum absolute atomic E-state index is 10.9. The first-order chi connectivity index (χ1) is 9.24. The average molecular weight is 256 g/mol. The fourth-order valence-corrected chi connectivity index (χ4v) is 2.44. The van der Waals surface area contributed by atoms with Crippen LogP contribution in [-0.2, 0) is 11.3 Å². The summed E-state index contributed by atoms with van der Waals surface area (Å²) in [5, 5.41) is 10.1. The summed E-state index contributed by atoms with van der Waals surface area (Å²) in [7, 11) is 0. The molecule has 0 amide bonds. The topological polar surface area (TPSA) is 53.4 Å². The summed E-state index contributed by atoms with van der Waals surface area (Å²) in [6, 6.07) is 10.4. The van der Waals surface area contributed by atoms with E-state index in [9.17, 15) is 4.79 Å². The van der Waals surface area contributed by atoms with Gasteiger partial charge in [0.15, 0.2) is 0 Å². The Morgan fingerprint density at radius 3 is 2.84 bits per heavy atom. The fourth-order valence-electron chi connectivity index (χ4n) is 2.44. The van der Waals surface area contributed by atoms with Crippen LogP contribution in [0, 0.1) is 0 Å². The average Bonchev–Trinajstić information content (AvgIpc) is 3.22. The molecule has 1 heterocycles. The van der Waals surface area contributed by atoms with Gasteiger partial charge in [-0.25, -0.2) is 0 Å². The number of benzene rings is 1. The monoisotopic (exact) mass is 256 g/mol. The molecule has 2 aromatic rings. The van der Waals surface area contributed by atoms with Gasteiger partial charge in [0.2, 0.25) is 0 Å². The van der Waals surface area contributed by atoms with Gasteiger partial charge in [0.1, 0.15) is 0 Å². The summed E-state index contributed by atoms with van der Waals surface area (Å²) in [4.78, 5) is 17.3. The molecule has 1 fully saturated rings. The normalized spacial score (nSPS) is 15.0. The van der Waals surface area contributed by atoms with E-state index in [1.165, 1.54) is 0 Å². The number of hydrogen-bond donors (Lipinski definition) is 1. The van der Waals surface area contributed by atoms with Crippen LogP contribution in [0.15, 0.2) is 36.5 Å². The van der Waals surface area contributed by atoms with E-state index in [2.05, 4.69) is 4.98 Å². The van der Waals surface area contributed by atoms with Crippen LogP contribution < -0.4 is 0 Å². The second-order valence-corrected chi connectivity index (χ2v) is 5.02. The Morgan fingerprint density at radius 1 is 1.32 bits per heavy atom. The van der Waals surface area contributed by atoms with Crippen molar-refractivity contribution < 1.29 is 9.90 Å². The number of nitrogens with zero attached hydrogens (tertiary/aromatic N) is 2. The molecule has 4 nitrogen and oxygen atoms in total. The number of aromatic nitrogens is 1. The molecule has 0 radical (unpaired) electrons. The van der Waals surface area contributed by atoms with Crippen molar-refractivity contribution in [1.29, 1.82) is 0 Å². The van der Waals surface area contributed by atoms with Crippen molar-refractivity contribution in [3.05, 3.63) is 42.1 Å². The highest BCUT2D eigenvalue weighted by Crippen LogP contribution is 2.29. The van der Waals surface area contributed by atoms with Crippen molar-refractivity contribution in [1.82, 2.24) is 9.88 Å². The number of carbonyl (C=O) groups is 1. The zero-order valence-electron chi connectivity index (χ0n) is 10.6. The minimum absolute atomic E-state index is 0.112. The number of rotatable bonds is 5. The molecular weight excluding hydrogens is 240 g/mol. The molecule has 0 spiro atoms. The van der Waals surface area contributed by atoms with E-state index in [-0.39, 0.29) is 6.54 Å². The highest BCUT2D eigenvalue weighted by Gasteiger charge is 2.30. The molecule has 1 N–H and O–H groups in total. The summed E-state index contributed by atoms with van der Waals surface area (Å²) in [5.74, 6) is -0.759. The largest absolute Gasteiger partial charge is 0.480 e. The fraction of sp³-hybridized carbons (Fsp3) is 0.333. The molecule has 0 saturated heterocycles. The van der Waals surface area contributed by atoms with E-state index in [0.717, 1.165) is 29.3 Å². The third kappa shape index (κ3) is 2.74. The first-order valence-electron chi connectivity index (χ1n) is 6.52. The highest BCUT2D eigenvalue weighted by molar-refractivity contribution is 5.81. The summed E-state index contributed by atoms with van der Waals surface area (Å²) in [5.41, 5.74) is 2.12. The Hall–Kier alpha value is -1.94. The lowest BCUT2D eigenvalue weighted by Crippen LogP contribution is -2.31. The Balaban J connectivity index is 1.89. The molecule has 98 valence electrons. The predicted molar refractivity (Wildman–Crippen MR) is 72.8 cm³/mol. The predicted octanol–water partition coefficient (Wildman–Crippen LogP) is 2.28. The third-order valence-corrected chi connectivity index (χ3v) is 3.51. The SMILES string of the molecule is O=C(O)CN(Cc1ccnc2ccccc12)C1CC1. The van der Waals surface area contributed by atoms with Crippen LogP contribution in [-0.4, -0.2) is 33.5 Å². The number of carboxylic acid groups (broad SMARTS) is 1. The van der Waals surface area contributed by atoms with E-state index in [1.54, 1.807) is 6.20 Å². The molecule has 0 atom stereocenters. The number of aliphatic carboxylic acids is 1. The van der Waals surface area contributed by atoms with Crippen molar-refractivity contribution in [3.8, 4) is 0 Å². The second-order valence-electron chi connectivity index (χ2n) is 5.02. The molecule has 1 saturated carbocycles. The molecule has 0 bridgehead atoms. The summed E-state index contributed by atoms with van der Waals surface area (Å²) in [6.07, 6.45) is 4.01. The van der Waals surface area contributed by atoms with Gasteiger partial charge < -0.3 is 5.11 Å². The molecule has 0 aliphatic heterocycles. The van der Waals surface area contributed by atoms with Crippen molar-refractivity contribution in [3.63, 3.8) is 0 Å². The molecular formula is C15H16N2O2. The van der Waals surface area contributed by atoms with E-state index >= 15 is 0 Å². The minimum Gasteiger partial charge on any atom is -0.480 e. The van der Waals surface area contributed by atoms with Crippen LogP contribution in [0.5, 0.6) is 0 Å². The van der Waals surface area contributed by atoms with Crippen molar-refractivity contribution in [2.45, 2.75) is 25.4 Å². The first kappa shape index (κ1) is 12.1. The molecule has 1 aromatic heterocycles. The van der Waals surface area contributed by atoms with Gasteiger partial charge >= 0.3 is 5.97 Å². The number of hydrogen-bond acceptors (Lipinski definition) is 3. The van der Waals surface area contributed by atoms with Crippen LogP contribution in [0.25, 0.3) is 10.9 Å². The van der Waals surface area contributed by atoms with Gasteiger partial charge in [-0.2, -0.15) is 0 Å². The Bertz CT molecular complexity index is 603. The quantitative estimate of drug-likeness (QED) is 0.891. The lowest BCUT2D eigenvalue weighted by Gasteiger charge is -2.20. The zero-order chi connectivity index (χ0) is 13.2. The smallest absolute Gasteiger partial charge is 0.317 e. The molecule has 1 aromatic carbocycles. The van der Waals surface area contributed by atoms with E-state index in [1.807, 2.05) is 35.2 Å². The molecule has 19 heavy (non-hydrogen) atoms. The van der Waals surface area contributed by atoms with E-state index in [4.69, 9.17) is 5.11 Å². The summed E-state index contributed by atoms with van der Waals surface area (Å²) in [6.45, 7) is 0.793. The lowest BCUT2D eigenvalue weighted by atomic mass is 10.1. The van der Waals surface area contributed by atoms with E-state index in [0.29, 0.717) is 12.6 Å². The van der Waals surface area contributed by atoms with Crippen LogP contribution in [0.3, 0.4) is 0 Å². The number of fused-ring (bicyclic) bond motifs is 1. The van der Waals surface area contributed by atoms with Gasteiger partial charge in [0.05, 0.1) is 12.1 Å². The van der Waals surface area contributed by atoms with Crippen LogP contribution in [0.4, 0.5) is 0 Å². The minimum atomic E-state index is -0.759. The molecule has 0 unspecified atom stereocenters. The Kier molecular flexibility index (Phi) is 3.17. The zero-order valence-corrected chi connectivity index (χ0v) is 10.6. The molecule has 3 rings (SSSR count). The maximum Gasteiger partial charge on any atom is 0.317 e. The Labute approximate surface area is 111 Å². The van der Waals surface area contributed by atoms with Gasteiger partial charge in [0, 0.05) is 24.2 Å². The highest BCUT2D eigenvalue weighted by atomic mass is 16.4. The third-order valence-electron chi connectivity index (χ3n) is 3.51. The van der Waals surface area contributed by atoms with Gasteiger partial charge in [-0.1, -0.05) is 18.2 Å². The second kappa shape index (κ2) is 4.97. The molecule has 1 aliphatic carbocycles.